The van der Waals surface area contributed by atoms with Gasteiger partial charge in [-0.1, -0.05) is 12.2 Å². The fraction of sp³-hybridized carbons (Fsp3) is 0.444. The van der Waals surface area contributed by atoms with Gasteiger partial charge in [0.2, 0.25) is 11.8 Å². The summed E-state index contributed by atoms with van der Waals surface area (Å²) in [6, 6.07) is 4.09. The van der Waals surface area contributed by atoms with Crippen molar-refractivity contribution < 1.29 is 24.7 Å². The van der Waals surface area contributed by atoms with Crippen LogP contribution >= 0.6 is 0 Å². The first-order valence-corrected chi connectivity index (χ1v) is 8.52. The summed E-state index contributed by atoms with van der Waals surface area (Å²) >= 11 is 0. The molecule has 2 bridgehead atoms. The van der Waals surface area contributed by atoms with Crippen molar-refractivity contribution in [3.05, 3.63) is 52.1 Å². The van der Waals surface area contributed by atoms with Crippen molar-refractivity contribution >= 4 is 17.5 Å². The van der Waals surface area contributed by atoms with Crippen molar-refractivity contribution in [2.45, 2.75) is 18.6 Å². The second-order valence-electron chi connectivity index (χ2n) is 7.09. The Balaban J connectivity index is 1.60. The number of aliphatic hydroxyl groups excluding tert-OH is 2. The standard InChI is InChI=1S/C18H18N2O6/c21-8-13(16(22)9-3-5-12(6-4-9)20(25)26)19-17(23)14-10-1-2-11(7-10)15(14)18(19)24/h1-6,10-11,13-16,21-22H,7-8H2. The van der Waals surface area contributed by atoms with Crippen LogP contribution in [0, 0.1) is 33.8 Å². The van der Waals surface area contributed by atoms with Gasteiger partial charge < -0.3 is 10.2 Å². The first-order valence-electron chi connectivity index (χ1n) is 8.52. The molecule has 1 saturated heterocycles. The zero-order valence-corrected chi connectivity index (χ0v) is 13.8. The van der Waals surface area contributed by atoms with Gasteiger partial charge in [0, 0.05) is 12.1 Å². The molecule has 3 aliphatic rings. The number of non-ortho nitro benzene ring substituents is 1. The molecular formula is C18H18N2O6. The first kappa shape index (κ1) is 16.9. The number of hydrogen-bond acceptors (Lipinski definition) is 6. The fourth-order valence-corrected chi connectivity index (χ4v) is 4.59. The van der Waals surface area contributed by atoms with Crippen molar-refractivity contribution in [1.29, 1.82) is 0 Å². The van der Waals surface area contributed by atoms with Crippen molar-refractivity contribution in [3.8, 4) is 0 Å². The van der Waals surface area contributed by atoms with Crippen molar-refractivity contribution in [2.75, 3.05) is 6.61 Å². The molecule has 0 spiro atoms. The van der Waals surface area contributed by atoms with Crippen LogP contribution in [0.5, 0.6) is 0 Å². The second kappa shape index (κ2) is 6.00. The van der Waals surface area contributed by atoms with Crippen LogP contribution in [0.25, 0.3) is 0 Å². The fourth-order valence-electron chi connectivity index (χ4n) is 4.59. The molecule has 2 aliphatic carbocycles. The summed E-state index contributed by atoms with van der Waals surface area (Å²) in [7, 11) is 0. The van der Waals surface area contributed by atoms with Crippen LogP contribution < -0.4 is 0 Å². The van der Waals surface area contributed by atoms with E-state index >= 15 is 0 Å². The van der Waals surface area contributed by atoms with Gasteiger partial charge in [-0.15, -0.1) is 0 Å². The number of hydrogen-bond donors (Lipinski definition) is 2. The van der Waals surface area contributed by atoms with Gasteiger partial charge in [0.15, 0.2) is 0 Å². The number of imide groups is 1. The van der Waals surface area contributed by atoms with Crippen molar-refractivity contribution in [2.24, 2.45) is 23.7 Å². The molecule has 0 radical (unpaired) electrons. The molecule has 6 atom stereocenters. The van der Waals surface area contributed by atoms with Gasteiger partial charge in [0.05, 0.1) is 29.4 Å². The summed E-state index contributed by atoms with van der Waals surface area (Å²) in [6.45, 7) is -0.585. The molecule has 6 unspecified atom stereocenters. The number of nitro groups is 1. The van der Waals surface area contributed by atoms with Gasteiger partial charge in [0.1, 0.15) is 6.10 Å². The number of nitrogens with zero attached hydrogens (tertiary/aromatic N) is 2. The lowest BCUT2D eigenvalue weighted by Crippen LogP contribution is -2.47. The number of amides is 2. The molecule has 2 N–H and O–H groups in total. The van der Waals surface area contributed by atoms with E-state index in [4.69, 9.17) is 0 Å². The normalized spacial score (nSPS) is 31.4. The molecule has 1 saturated carbocycles. The van der Waals surface area contributed by atoms with E-state index in [9.17, 15) is 29.9 Å². The maximum Gasteiger partial charge on any atom is 0.269 e. The summed E-state index contributed by atoms with van der Waals surface area (Å²) in [4.78, 5) is 36.8. The Labute approximate surface area is 148 Å². The van der Waals surface area contributed by atoms with E-state index in [1.165, 1.54) is 24.3 Å². The van der Waals surface area contributed by atoms with Crippen LogP contribution in [0.2, 0.25) is 0 Å². The van der Waals surface area contributed by atoms with Gasteiger partial charge in [0.25, 0.3) is 5.69 Å². The highest BCUT2D eigenvalue weighted by atomic mass is 16.6. The van der Waals surface area contributed by atoms with Gasteiger partial charge >= 0.3 is 0 Å². The highest BCUT2D eigenvalue weighted by Gasteiger charge is 2.60. The molecule has 1 heterocycles. The SMILES string of the molecule is O=C1C2C3C=CC(C3)C2C(=O)N1C(CO)C(O)c1ccc([N+](=O)[O-])cc1. The maximum atomic E-state index is 12.8. The van der Waals surface area contributed by atoms with Crippen LogP contribution in [0.1, 0.15) is 18.1 Å². The third-order valence-corrected chi connectivity index (χ3v) is 5.83. The quantitative estimate of drug-likeness (QED) is 0.347. The smallest absolute Gasteiger partial charge is 0.269 e. The number of carbonyl (C=O) groups excluding carboxylic acids is 2. The molecule has 8 heteroatoms. The van der Waals surface area contributed by atoms with Gasteiger partial charge in [-0.2, -0.15) is 0 Å². The number of fused-ring (bicyclic) bond motifs is 5. The molecular weight excluding hydrogens is 340 g/mol. The Kier molecular flexibility index (Phi) is 3.89. The molecule has 1 aliphatic heterocycles. The highest BCUT2D eigenvalue weighted by molar-refractivity contribution is 6.06. The largest absolute Gasteiger partial charge is 0.394 e. The predicted molar refractivity (Wildman–Crippen MR) is 88.5 cm³/mol. The molecule has 136 valence electrons. The minimum absolute atomic E-state index is 0.0438. The lowest BCUT2D eigenvalue weighted by atomic mass is 9.85. The number of rotatable bonds is 5. The summed E-state index contributed by atoms with van der Waals surface area (Å²) in [5.74, 6) is -1.43. The number of likely N-dealkylation sites (tertiary alicyclic amines) is 1. The first-order chi connectivity index (χ1) is 12.4. The maximum absolute atomic E-state index is 12.8. The van der Waals surface area contributed by atoms with Crippen molar-refractivity contribution in [1.82, 2.24) is 4.90 Å². The minimum atomic E-state index is -1.32. The van der Waals surface area contributed by atoms with E-state index in [1.807, 2.05) is 12.2 Å². The summed E-state index contributed by atoms with van der Waals surface area (Å²) in [6.07, 6.45) is 3.43. The molecule has 0 aromatic heterocycles. The van der Waals surface area contributed by atoms with E-state index in [0.29, 0.717) is 5.56 Å². The van der Waals surface area contributed by atoms with Crippen LogP contribution in [0.15, 0.2) is 36.4 Å². The van der Waals surface area contributed by atoms with Crippen molar-refractivity contribution in [3.63, 3.8) is 0 Å². The van der Waals surface area contributed by atoms with Gasteiger partial charge in [-0.3, -0.25) is 24.6 Å². The van der Waals surface area contributed by atoms with Crippen LogP contribution in [-0.2, 0) is 9.59 Å². The zero-order valence-electron chi connectivity index (χ0n) is 13.8. The number of carbonyl (C=O) groups is 2. The third-order valence-electron chi connectivity index (χ3n) is 5.83. The molecule has 1 aromatic carbocycles. The number of nitro benzene ring substituents is 1. The Morgan fingerprint density at radius 3 is 2.12 bits per heavy atom. The Hall–Kier alpha value is -2.58. The topological polar surface area (TPSA) is 121 Å². The molecule has 1 aromatic rings. The highest BCUT2D eigenvalue weighted by Crippen LogP contribution is 2.53. The lowest BCUT2D eigenvalue weighted by molar-refractivity contribution is -0.384. The Bertz CT molecular complexity index is 774. The molecule has 2 amide bonds. The number of aliphatic hydroxyl groups is 2. The van der Waals surface area contributed by atoms with E-state index < -0.39 is 35.5 Å². The summed E-state index contributed by atoms with van der Waals surface area (Å²) in [5, 5.41) is 31.1. The van der Waals surface area contributed by atoms with E-state index in [1.54, 1.807) is 0 Å². The Morgan fingerprint density at radius 1 is 1.12 bits per heavy atom. The van der Waals surface area contributed by atoms with E-state index in [2.05, 4.69) is 0 Å². The van der Waals surface area contributed by atoms with E-state index in [-0.39, 0.29) is 29.3 Å². The Morgan fingerprint density at radius 2 is 1.65 bits per heavy atom. The molecule has 4 rings (SSSR count). The van der Waals surface area contributed by atoms with Crippen LogP contribution in [0.4, 0.5) is 5.69 Å². The average Bonchev–Trinajstić information content (AvgIpc) is 3.31. The number of benzene rings is 1. The molecule has 26 heavy (non-hydrogen) atoms. The average molecular weight is 358 g/mol. The van der Waals surface area contributed by atoms with E-state index in [0.717, 1.165) is 11.3 Å². The summed E-state index contributed by atoms with van der Waals surface area (Å²) < 4.78 is 0. The predicted octanol–water partition coefficient (Wildman–Crippen LogP) is 0.796. The van der Waals surface area contributed by atoms with Crippen LogP contribution in [-0.4, -0.2) is 44.5 Å². The number of allylic oxidation sites excluding steroid dienone is 2. The second-order valence-corrected chi connectivity index (χ2v) is 7.09. The third kappa shape index (κ3) is 2.29. The minimum Gasteiger partial charge on any atom is -0.394 e. The van der Waals surface area contributed by atoms with Gasteiger partial charge in [-0.05, 0) is 36.0 Å². The van der Waals surface area contributed by atoms with Gasteiger partial charge in [-0.25, -0.2) is 0 Å². The van der Waals surface area contributed by atoms with Crippen LogP contribution in [0.3, 0.4) is 0 Å². The summed E-state index contributed by atoms with van der Waals surface area (Å²) in [5.41, 5.74) is 0.167. The molecule has 2 fully saturated rings. The lowest BCUT2D eigenvalue weighted by Gasteiger charge is -2.30. The molecule has 8 nitrogen and oxygen atoms in total. The monoisotopic (exact) mass is 358 g/mol. The zero-order chi connectivity index (χ0) is 18.6.